The number of phosphoric acid groups is 3. The van der Waals surface area contributed by atoms with Crippen LogP contribution in [0.1, 0.15) is 6.23 Å². The van der Waals surface area contributed by atoms with Crippen molar-refractivity contribution in [2.24, 2.45) is 10.7 Å². The predicted octanol–water partition coefficient (Wildman–Crippen LogP) is -4.60. The normalized spacial score (nSPS) is 33.8. The maximum atomic E-state index is 12.6. The molecule has 6 rings (SSSR count). The summed E-state index contributed by atoms with van der Waals surface area (Å²) < 4.78 is 72.9. The molecule has 53 heavy (non-hydrogen) atoms. The summed E-state index contributed by atoms with van der Waals surface area (Å²) in [5.41, 5.74) is 10.5. The molecule has 0 bridgehead atoms. The Morgan fingerprint density at radius 1 is 0.943 bits per heavy atom. The Morgan fingerprint density at radius 3 is 2.21 bits per heavy atom. The third kappa shape index (κ3) is 8.00. The Balaban J connectivity index is 1.03. The van der Waals surface area contributed by atoms with Crippen molar-refractivity contribution in [2.45, 2.75) is 55.3 Å². The number of guanidine groups is 1. The van der Waals surface area contributed by atoms with E-state index in [2.05, 4.69) is 38.4 Å². The van der Waals surface area contributed by atoms with Crippen molar-refractivity contribution in [1.29, 1.82) is 0 Å². The van der Waals surface area contributed by atoms with E-state index in [-0.39, 0.29) is 35.6 Å². The number of aliphatic hydroxyl groups excluding tert-OH is 4. The van der Waals surface area contributed by atoms with Crippen molar-refractivity contribution in [3.63, 3.8) is 0 Å². The average Bonchev–Trinajstić information content (AvgIpc) is 3.76. The lowest BCUT2D eigenvalue weighted by atomic mass is 10.1. The quantitative estimate of drug-likeness (QED) is 0.0847. The molecule has 28 nitrogen and oxygen atoms in total. The van der Waals surface area contributed by atoms with Crippen LogP contribution in [0.25, 0.3) is 11.2 Å². The van der Waals surface area contributed by atoms with Gasteiger partial charge >= 0.3 is 23.5 Å². The molecule has 2 aromatic heterocycles. The van der Waals surface area contributed by atoms with E-state index in [1.165, 1.54) is 12.0 Å². The molecule has 0 aromatic carbocycles. The maximum absolute atomic E-state index is 12.6. The van der Waals surface area contributed by atoms with E-state index < -0.39 is 97.5 Å². The number of nitrogen functional groups attached to an aromatic ring is 1. The molecule has 12 atom stereocenters. The Hall–Kier alpha value is -3.11. The van der Waals surface area contributed by atoms with E-state index in [9.17, 15) is 53.6 Å². The summed E-state index contributed by atoms with van der Waals surface area (Å²) >= 11 is 0. The van der Waals surface area contributed by atoms with Gasteiger partial charge in [0.25, 0.3) is 5.56 Å². The molecule has 2 saturated heterocycles. The number of aromatic amines is 1. The highest BCUT2D eigenvalue weighted by molar-refractivity contribution is 7.66. The van der Waals surface area contributed by atoms with Gasteiger partial charge in [-0.2, -0.15) is 13.6 Å². The lowest BCUT2D eigenvalue weighted by Gasteiger charge is -2.31. The van der Waals surface area contributed by atoms with E-state index >= 15 is 0 Å². The number of H-pyrrole nitrogens is 1. The van der Waals surface area contributed by atoms with Crippen molar-refractivity contribution in [2.75, 3.05) is 39.8 Å². The first-order chi connectivity index (χ1) is 24.7. The minimum Gasteiger partial charge on any atom is -0.387 e. The van der Waals surface area contributed by atoms with Crippen molar-refractivity contribution in [3.8, 4) is 0 Å². The fraction of sp³-hybridized carbons (Fsp3) is 0.636. The summed E-state index contributed by atoms with van der Waals surface area (Å²) in [5.74, 6) is -0.179. The summed E-state index contributed by atoms with van der Waals surface area (Å²) in [4.78, 5) is 59.2. The van der Waals surface area contributed by atoms with Crippen molar-refractivity contribution < 1.29 is 80.7 Å². The molecule has 0 amide bonds. The first-order valence-corrected chi connectivity index (χ1v) is 19.5. The number of aromatic nitrogens is 4. The molecule has 0 spiro atoms. The molecule has 2 fully saturated rings. The highest BCUT2D eigenvalue weighted by Crippen LogP contribution is 2.67. The number of aliphatic imine (C=N–C) groups is 1. The summed E-state index contributed by atoms with van der Waals surface area (Å²) in [5, 5.41) is 45.1. The lowest BCUT2D eigenvalue weighted by Crippen LogP contribution is -2.49. The molecule has 4 aliphatic heterocycles. The third-order valence-corrected chi connectivity index (χ3v) is 12.5. The lowest BCUT2D eigenvalue weighted by molar-refractivity contribution is -0.0878. The molecule has 296 valence electrons. The Morgan fingerprint density at radius 2 is 1.57 bits per heavy atom. The number of nitrogens with one attached hydrogen (secondary N) is 2. The third-order valence-electron chi connectivity index (χ3n) is 8.23. The number of anilines is 1. The fourth-order valence-electron chi connectivity index (χ4n) is 6.00. The van der Waals surface area contributed by atoms with Crippen molar-refractivity contribution in [3.05, 3.63) is 28.2 Å². The van der Waals surface area contributed by atoms with Crippen LogP contribution in [0.3, 0.4) is 0 Å². The molecule has 6 unspecified atom stereocenters. The number of aliphatic hydroxyl groups is 4. The van der Waals surface area contributed by atoms with E-state index in [4.69, 9.17) is 30.2 Å². The van der Waals surface area contributed by atoms with Gasteiger partial charge in [-0.15, -0.1) is 0 Å². The minimum atomic E-state index is -5.96. The Bertz CT molecular complexity index is 2000. The monoisotopic (exact) mass is 820 g/mol. The summed E-state index contributed by atoms with van der Waals surface area (Å²) in [6.07, 6.45) is -12.1. The zero-order valence-electron chi connectivity index (χ0n) is 27.2. The molecule has 6 heterocycles. The second-order valence-electron chi connectivity index (χ2n) is 11.8. The number of rotatable bonds is 13. The molecule has 0 aliphatic carbocycles. The molecular formula is C22H35N10O18P3. The van der Waals surface area contributed by atoms with Gasteiger partial charge in [0.15, 0.2) is 35.8 Å². The van der Waals surface area contributed by atoms with Gasteiger partial charge in [-0.25, -0.2) is 23.7 Å². The van der Waals surface area contributed by atoms with Crippen LogP contribution in [-0.4, -0.2) is 154 Å². The number of likely N-dealkylation sites (N-methyl/N-ethyl adjacent to an activating group) is 1. The van der Waals surface area contributed by atoms with Gasteiger partial charge < -0.3 is 75.9 Å². The van der Waals surface area contributed by atoms with Gasteiger partial charge in [0, 0.05) is 14.2 Å². The summed E-state index contributed by atoms with van der Waals surface area (Å²) in [6, 6.07) is 0. The van der Waals surface area contributed by atoms with E-state index in [0.29, 0.717) is 5.70 Å². The second kappa shape index (κ2) is 14.5. The molecule has 0 radical (unpaired) electrons. The van der Waals surface area contributed by atoms with Crippen LogP contribution in [0.2, 0.25) is 0 Å². The summed E-state index contributed by atoms with van der Waals surface area (Å²) in [6.45, 7) is -1.92. The van der Waals surface area contributed by atoms with Crippen LogP contribution in [-0.2, 0) is 45.6 Å². The van der Waals surface area contributed by atoms with E-state index in [1.807, 2.05) is 0 Å². The van der Waals surface area contributed by atoms with Gasteiger partial charge in [0.2, 0.25) is 5.95 Å². The highest BCUT2D eigenvalue weighted by Gasteiger charge is 2.52. The topological polar surface area (TPSA) is 404 Å². The van der Waals surface area contributed by atoms with Crippen LogP contribution in [0.5, 0.6) is 0 Å². The van der Waals surface area contributed by atoms with Crippen molar-refractivity contribution in [1.82, 2.24) is 34.6 Å². The largest absolute Gasteiger partial charge is 0.490 e. The van der Waals surface area contributed by atoms with Crippen LogP contribution >= 0.6 is 23.5 Å². The number of methoxy groups -OCH3 is 1. The fourth-order valence-corrected chi connectivity index (χ4v) is 9.52. The highest BCUT2D eigenvalue weighted by atomic mass is 31.3. The number of nitrogens with two attached hydrogens (primary N) is 2. The van der Waals surface area contributed by atoms with Gasteiger partial charge in [0.05, 0.1) is 26.2 Å². The Labute approximate surface area is 295 Å². The Kier molecular flexibility index (Phi) is 10.8. The van der Waals surface area contributed by atoms with E-state index in [0.717, 1.165) is 10.9 Å². The molecule has 0 saturated carbocycles. The number of hydrogen-bond acceptors (Lipinski definition) is 23. The first kappa shape index (κ1) is 39.6. The van der Waals surface area contributed by atoms with Gasteiger partial charge in [0.1, 0.15) is 48.1 Å². The SMILES string of the molecule is CO[C@H]1C(O)[C@@H](N2CN(C)C3=C2NC(N)=NC3O)O[C@H]1COP(=O)(O)OP(=O)(O)OP(=O)(O)OC[C@H]1O[C@@H](n2cnc3c(=O)[nH]c(N)nc32)[C@@H](O)C1O. The number of ether oxygens (including phenoxy) is 3. The summed E-state index contributed by atoms with van der Waals surface area (Å²) in [7, 11) is -14.4. The van der Waals surface area contributed by atoms with Gasteiger partial charge in [-0.1, -0.05) is 0 Å². The average molecular weight is 820 g/mol. The van der Waals surface area contributed by atoms with Crippen LogP contribution in [0.4, 0.5) is 5.95 Å². The zero-order valence-corrected chi connectivity index (χ0v) is 29.9. The van der Waals surface area contributed by atoms with Gasteiger partial charge in [-0.3, -0.25) is 23.4 Å². The number of hydrogen-bond donors (Lipinski definition) is 11. The minimum absolute atomic E-state index is 0.0588. The molecule has 31 heteroatoms. The number of fused-ring (bicyclic) bond motifs is 1. The number of phosphoric ester groups is 2. The van der Waals surface area contributed by atoms with Crippen LogP contribution in [0.15, 0.2) is 27.6 Å². The first-order valence-electron chi connectivity index (χ1n) is 15.0. The molecule has 13 N–H and O–H groups in total. The van der Waals surface area contributed by atoms with Crippen LogP contribution < -0.4 is 22.3 Å². The number of imidazole rings is 1. The van der Waals surface area contributed by atoms with Crippen LogP contribution in [0, 0.1) is 0 Å². The smallest absolute Gasteiger partial charge is 0.387 e. The number of nitrogens with zero attached hydrogens (tertiary/aromatic N) is 6. The maximum Gasteiger partial charge on any atom is 0.490 e. The second-order valence-corrected chi connectivity index (χ2v) is 16.4. The molecular weight excluding hydrogens is 785 g/mol. The van der Waals surface area contributed by atoms with Gasteiger partial charge in [-0.05, 0) is 0 Å². The molecule has 4 aliphatic rings. The standard InChI is InChI=1S/C22H35N10O18P3/c1-30-6-32(16-10(30)18(37)29-22(24)27-16)20-13(35)14(44-2)8(48-20)4-46-52(40,41)50-53(42,43)49-51(38,39)45-3-7-11(33)12(34)19(47-7)31-5-25-9-15(31)26-21(23)28-17(9)36/h5,7-8,11-14,18-20,33-35,37H,3-4,6H2,1-2H3,(H,38,39)(H,40,41)(H,42,43)(H3,24,27,29)(H3,23,26,28,36)/t7-,8+,11?,12+,13?,14-,18?,19-,20+/m1/s1. The van der Waals surface area contributed by atoms with E-state index in [1.54, 1.807) is 11.9 Å². The predicted molar refractivity (Wildman–Crippen MR) is 170 cm³/mol. The van der Waals surface area contributed by atoms with Crippen molar-refractivity contribution >= 4 is 46.5 Å². The molecule has 2 aromatic rings. The zero-order chi connectivity index (χ0) is 38.8.